The Balaban J connectivity index is 2.15. The molecular weight excluding hydrogens is 242 g/mol. The Bertz CT molecular complexity index is 536. The lowest BCUT2D eigenvalue weighted by molar-refractivity contribution is -0.105. The summed E-state index contributed by atoms with van der Waals surface area (Å²) in [7, 11) is 0. The number of tetrazole rings is 1. The van der Waals surface area contributed by atoms with Crippen molar-refractivity contribution in [3.63, 3.8) is 0 Å². The molecule has 3 heterocycles. The number of amides is 1. The Kier molecular flexibility index (Phi) is 2.57. The van der Waals surface area contributed by atoms with Gasteiger partial charge >= 0.3 is 0 Å². The molecule has 0 spiro atoms. The van der Waals surface area contributed by atoms with Crippen LogP contribution in [0.5, 0.6) is 0 Å². The van der Waals surface area contributed by atoms with E-state index in [0.29, 0.717) is 25.4 Å². The molecule has 2 aromatic heterocycles. The number of ether oxygens (including phenoxy) is 1. The molecule has 0 radical (unpaired) electrons. The highest BCUT2D eigenvalue weighted by Gasteiger charge is 2.24. The number of nitrogens with one attached hydrogen (secondary N) is 2. The summed E-state index contributed by atoms with van der Waals surface area (Å²) < 4.78 is 5.39. The highest BCUT2D eigenvalue weighted by molar-refractivity contribution is 7.17. The monoisotopic (exact) mass is 251 g/mol. The van der Waals surface area contributed by atoms with Crippen molar-refractivity contribution in [3.05, 3.63) is 10.4 Å². The molecule has 17 heavy (non-hydrogen) atoms. The van der Waals surface area contributed by atoms with Gasteiger partial charge in [-0.2, -0.15) is 5.21 Å². The minimum Gasteiger partial charge on any atom is -0.376 e. The van der Waals surface area contributed by atoms with Crippen molar-refractivity contribution >= 4 is 22.7 Å². The molecule has 1 amide bonds. The second kappa shape index (κ2) is 4.22. The maximum Gasteiger partial charge on any atom is 0.212 e. The molecule has 2 aromatic rings. The van der Waals surface area contributed by atoms with Crippen LogP contribution >= 0.6 is 11.3 Å². The average molecular weight is 251 g/mol. The SMILES string of the molecule is O=CNc1sc2c(c1-c1nn[nH]n1)CCOC2. The first-order chi connectivity index (χ1) is 8.40. The van der Waals surface area contributed by atoms with E-state index in [1.165, 1.54) is 11.3 Å². The molecule has 0 fully saturated rings. The molecule has 0 saturated carbocycles. The molecule has 0 unspecified atom stereocenters. The van der Waals surface area contributed by atoms with Crippen LogP contribution in [-0.4, -0.2) is 33.6 Å². The molecule has 1 aliphatic heterocycles. The lowest BCUT2D eigenvalue weighted by Gasteiger charge is -2.12. The Morgan fingerprint density at radius 1 is 1.53 bits per heavy atom. The van der Waals surface area contributed by atoms with Gasteiger partial charge in [0.15, 0.2) is 0 Å². The van der Waals surface area contributed by atoms with Crippen molar-refractivity contribution in [2.24, 2.45) is 0 Å². The fourth-order valence-corrected chi connectivity index (χ4v) is 3.03. The van der Waals surface area contributed by atoms with Crippen molar-refractivity contribution in [1.82, 2.24) is 20.6 Å². The normalized spacial score (nSPS) is 14.4. The number of fused-ring (bicyclic) bond motifs is 1. The van der Waals surface area contributed by atoms with Gasteiger partial charge in [0.25, 0.3) is 0 Å². The molecule has 8 heteroatoms. The van der Waals surface area contributed by atoms with E-state index in [1.807, 2.05) is 0 Å². The average Bonchev–Trinajstić information content (AvgIpc) is 2.94. The van der Waals surface area contributed by atoms with E-state index in [0.717, 1.165) is 27.4 Å². The Morgan fingerprint density at radius 2 is 2.47 bits per heavy atom. The summed E-state index contributed by atoms with van der Waals surface area (Å²) in [5.74, 6) is 0.508. The molecule has 0 atom stereocenters. The molecule has 7 nitrogen and oxygen atoms in total. The fraction of sp³-hybridized carbons (Fsp3) is 0.333. The second-order valence-corrected chi connectivity index (χ2v) is 4.61. The summed E-state index contributed by atoms with van der Waals surface area (Å²) in [4.78, 5) is 11.7. The molecule has 3 rings (SSSR count). The molecule has 1 aliphatic rings. The molecular formula is C9H9N5O2S. The standard InChI is InChI=1S/C9H9N5O2S/c15-4-10-9-7(8-11-13-14-12-8)5-1-2-16-3-6(5)17-9/h4H,1-3H2,(H,10,15)(H,11,12,13,14). The van der Waals surface area contributed by atoms with Crippen LogP contribution in [0, 0.1) is 0 Å². The number of nitrogens with zero attached hydrogens (tertiary/aromatic N) is 3. The maximum absolute atomic E-state index is 10.6. The Morgan fingerprint density at radius 3 is 3.24 bits per heavy atom. The van der Waals surface area contributed by atoms with E-state index in [9.17, 15) is 4.79 Å². The number of anilines is 1. The van der Waals surface area contributed by atoms with Crippen molar-refractivity contribution in [3.8, 4) is 11.4 Å². The van der Waals surface area contributed by atoms with Crippen LogP contribution in [0.2, 0.25) is 0 Å². The van der Waals surface area contributed by atoms with Crippen LogP contribution in [0.15, 0.2) is 0 Å². The van der Waals surface area contributed by atoms with Gasteiger partial charge < -0.3 is 10.1 Å². The molecule has 0 bridgehead atoms. The van der Waals surface area contributed by atoms with Gasteiger partial charge in [0.05, 0.1) is 18.8 Å². The number of aromatic amines is 1. The lowest BCUT2D eigenvalue weighted by Crippen LogP contribution is -2.07. The largest absolute Gasteiger partial charge is 0.376 e. The number of hydrogen-bond acceptors (Lipinski definition) is 6. The number of H-pyrrole nitrogens is 1. The van der Waals surface area contributed by atoms with Crippen LogP contribution in [-0.2, 0) is 22.6 Å². The van der Waals surface area contributed by atoms with Crippen LogP contribution in [0.1, 0.15) is 10.4 Å². The topological polar surface area (TPSA) is 92.8 Å². The minimum atomic E-state index is 0.508. The second-order valence-electron chi connectivity index (χ2n) is 3.51. The number of carbonyl (C=O) groups excluding carboxylic acids is 1. The third kappa shape index (κ3) is 1.71. The predicted molar refractivity (Wildman–Crippen MR) is 60.5 cm³/mol. The van der Waals surface area contributed by atoms with E-state index in [1.54, 1.807) is 0 Å². The quantitative estimate of drug-likeness (QED) is 0.778. The number of hydrogen-bond donors (Lipinski definition) is 2. The van der Waals surface area contributed by atoms with Gasteiger partial charge in [0.2, 0.25) is 12.2 Å². The summed E-state index contributed by atoms with van der Waals surface area (Å²) in [6.45, 7) is 1.25. The van der Waals surface area contributed by atoms with Crippen LogP contribution in [0.25, 0.3) is 11.4 Å². The van der Waals surface area contributed by atoms with Crippen LogP contribution in [0.3, 0.4) is 0 Å². The van der Waals surface area contributed by atoms with E-state index < -0.39 is 0 Å². The van der Waals surface area contributed by atoms with Gasteiger partial charge in [-0.1, -0.05) is 0 Å². The highest BCUT2D eigenvalue weighted by atomic mass is 32.1. The molecule has 88 valence electrons. The zero-order valence-electron chi connectivity index (χ0n) is 8.77. The highest BCUT2D eigenvalue weighted by Crippen LogP contribution is 2.41. The number of carbonyl (C=O) groups is 1. The van der Waals surface area contributed by atoms with Crippen molar-refractivity contribution < 1.29 is 9.53 Å². The third-order valence-electron chi connectivity index (χ3n) is 2.58. The Labute approximate surface area is 100 Å². The summed E-state index contributed by atoms with van der Waals surface area (Å²) in [5, 5.41) is 17.3. The zero-order chi connectivity index (χ0) is 11.7. The number of rotatable bonds is 3. The van der Waals surface area contributed by atoms with Gasteiger partial charge in [-0.15, -0.1) is 21.5 Å². The van der Waals surface area contributed by atoms with Gasteiger partial charge in [-0.05, 0) is 17.2 Å². The van der Waals surface area contributed by atoms with Crippen molar-refractivity contribution in [2.75, 3.05) is 11.9 Å². The number of aromatic nitrogens is 4. The van der Waals surface area contributed by atoms with Crippen LogP contribution in [0.4, 0.5) is 5.00 Å². The van der Waals surface area contributed by atoms with Gasteiger partial charge in [-0.3, -0.25) is 4.79 Å². The first-order valence-electron chi connectivity index (χ1n) is 5.06. The maximum atomic E-state index is 10.6. The van der Waals surface area contributed by atoms with E-state index in [-0.39, 0.29) is 0 Å². The third-order valence-corrected chi connectivity index (χ3v) is 3.72. The van der Waals surface area contributed by atoms with E-state index in [2.05, 4.69) is 25.9 Å². The van der Waals surface area contributed by atoms with Gasteiger partial charge in [0, 0.05) is 4.88 Å². The van der Waals surface area contributed by atoms with E-state index >= 15 is 0 Å². The lowest BCUT2D eigenvalue weighted by atomic mass is 10.1. The molecule has 0 saturated heterocycles. The van der Waals surface area contributed by atoms with E-state index in [4.69, 9.17) is 4.74 Å². The molecule has 2 N–H and O–H groups in total. The zero-order valence-corrected chi connectivity index (χ0v) is 9.58. The van der Waals surface area contributed by atoms with Crippen molar-refractivity contribution in [1.29, 1.82) is 0 Å². The summed E-state index contributed by atoms with van der Waals surface area (Å²) in [6.07, 6.45) is 1.46. The van der Waals surface area contributed by atoms with Gasteiger partial charge in [0.1, 0.15) is 5.00 Å². The summed E-state index contributed by atoms with van der Waals surface area (Å²) >= 11 is 1.50. The fourth-order valence-electron chi connectivity index (χ4n) is 1.89. The summed E-state index contributed by atoms with van der Waals surface area (Å²) in [6, 6.07) is 0. The molecule has 0 aliphatic carbocycles. The van der Waals surface area contributed by atoms with Gasteiger partial charge in [-0.25, -0.2) is 0 Å². The first kappa shape index (κ1) is 10.4. The molecule has 0 aromatic carbocycles. The summed E-state index contributed by atoms with van der Waals surface area (Å²) in [5.41, 5.74) is 2.00. The van der Waals surface area contributed by atoms with Crippen LogP contribution < -0.4 is 5.32 Å². The van der Waals surface area contributed by atoms with Crippen molar-refractivity contribution in [2.45, 2.75) is 13.0 Å². The minimum absolute atomic E-state index is 0.508. The smallest absolute Gasteiger partial charge is 0.212 e. The first-order valence-corrected chi connectivity index (χ1v) is 5.88. The predicted octanol–water partition coefficient (Wildman–Crippen LogP) is 0.569. The Hall–Kier alpha value is -1.80. The number of thiophene rings is 1.